The first-order valence-corrected chi connectivity index (χ1v) is 11.3. The molecule has 0 spiro atoms. The fraction of sp³-hybridized carbons (Fsp3) is 0.300. The summed E-state index contributed by atoms with van der Waals surface area (Å²) in [6.45, 7) is 4.91. The van der Waals surface area contributed by atoms with Gasteiger partial charge in [-0.15, -0.1) is 5.10 Å². The number of nitrogens with one attached hydrogen (secondary N) is 1. The number of esters is 1. The number of rotatable bonds is 5. The number of anilines is 1. The number of nitrogens with zero attached hydrogens (tertiary/aromatic N) is 4. The second-order valence-electron chi connectivity index (χ2n) is 6.65. The third kappa shape index (κ3) is 4.70. The summed E-state index contributed by atoms with van der Waals surface area (Å²) in [6.07, 6.45) is 2.75. The molecule has 3 aromatic rings. The first-order valence-electron chi connectivity index (χ1n) is 9.83. The predicted octanol–water partition coefficient (Wildman–Crippen LogP) is 0.955. The molecule has 32 heavy (non-hydrogen) atoms. The van der Waals surface area contributed by atoms with Gasteiger partial charge in [0.05, 0.1) is 12.1 Å². The summed E-state index contributed by atoms with van der Waals surface area (Å²) in [4.78, 5) is 26.8. The number of aromatic nitrogens is 3. The number of pyridine rings is 1. The number of fused-ring (bicyclic) bond motifs is 1. The Bertz CT molecular complexity index is 1190. The second-order valence-corrected chi connectivity index (χ2v) is 8.42. The first-order chi connectivity index (χ1) is 15.4. The SMILES string of the molecule is CCOC(=O)c1nn(S(=O)(=O)c2cccnc2)c2cc(N3CCNCC3)ccc12.O=CO. The van der Waals surface area contributed by atoms with E-state index in [-0.39, 0.29) is 23.7 Å². The van der Waals surface area contributed by atoms with E-state index in [1.807, 2.05) is 6.07 Å². The van der Waals surface area contributed by atoms with E-state index < -0.39 is 16.0 Å². The van der Waals surface area contributed by atoms with Crippen LogP contribution in [0.15, 0.2) is 47.6 Å². The van der Waals surface area contributed by atoms with E-state index in [9.17, 15) is 13.2 Å². The smallest absolute Gasteiger partial charge is 0.359 e. The maximum Gasteiger partial charge on any atom is 0.359 e. The van der Waals surface area contributed by atoms with E-state index in [0.717, 1.165) is 36.0 Å². The number of hydrogen-bond acceptors (Lipinski definition) is 9. The highest BCUT2D eigenvalue weighted by molar-refractivity contribution is 7.90. The monoisotopic (exact) mass is 461 g/mol. The van der Waals surface area contributed by atoms with Crippen LogP contribution in [0, 0.1) is 0 Å². The average molecular weight is 462 g/mol. The third-order valence-electron chi connectivity index (χ3n) is 4.74. The normalized spacial score (nSPS) is 13.8. The fourth-order valence-electron chi connectivity index (χ4n) is 3.33. The van der Waals surface area contributed by atoms with Gasteiger partial charge in [-0.05, 0) is 37.3 Å². The summed E-state index contributed by atoms with van der Waals surface area (Å²) in [5.74, 6) is -0.660. The lowest BCUT2D eigenvalue weighted by Crippen LogP contribution is -2.43. The largest absolute Gasteiger partial charge is 0.483 e. The van der Waals surface area contributed by atoms with Gasteiger partial charge in [-0.2, -0.15) is 12.5 Å². The number of ether oxygens (including phenoxy) is 1. The van der Waals surface area contributed by atoms with Crippen molar-refractivity contribution in [1.82, 2.24) is 19.5 Å². The molecule has 1 aromatic carbocycles. The maximum absolute atomic E-state index is 13.2. The van der Waals surface area contributed by atoms with Crippen molar-refractivity contribution in [3.63, 3.8) is 0 Å². The van der Waals surface area contributed by atoms with Gasteiger partial charge in [0.25, 0.3) is 16.5 Å². The van der Waals surface area contributed by atoms with E-state index in [1.165, 1.54) is 24.5 Å². The van der Waals surface area contributed by atoms with Crippen molar-refractivity contribution in [2.75, 3.05) is 37.7 Å². The molecule has 0 bridgehead atoms. The van der Waals surface area contributed by atoms with Crippen molar-refractivity contribution >= 4 is 39.1 Å². The van der Waals surface area contributed by atoms with Gasteiger partial charge >= 0.3 is 5.97 Å². The molecule has 0 unspecified atom stereocenters. The molecule has 0 amide bonds. The van der Waals surface area contributed by atoms with Crippen molar-refractivity contribution in [3.05, 3.63) is 48.4 Å². The van der Waals surface area contributed by atoms with Crippen LogP contribution < -0.4 is 10.2 Å². The Hall–Kier alpha value is -3.51. The summed E-state index contributed by atoms with van der Waals surface area (Å²) in [5.41, 5.74) is 1.17. The molecule has 2 aromatic heterocycles. The van der Waals surface area contributed by atoms with Gasteiger partial charge < -0.3 is 20.1 Å². The van der Waals surface area contributed by atoms with E-state index >= 15 is 0 Å². The molecule has 3 heterocycles. The Morgan fingerprint density at radius 1 is 1.28 bits per heavy atom. The lowest BCUT2D eigenvalue weighted by molar-refractivity contribution is -0.122. The quantitative estimate of drug-likeness (QED) is 0.416. The minimum atomic E-state index is -4.04. The minimum Gasteiger partial charge on any atom is -0.483 e. The van der Waals surface area contributed by atoms with E-state index in [1.54, 1.807) is 19.1 Å². The van der Waals surface area contributed by atoms with Crippen LogP contribution >= 0.6 is 0 Å². The van der Waals surface area contributed by atoms with Crippen LogP contribution in [0.25, 0.3) is 10.9 Å². The molecule has 1 aliphatic heterocycles. The predicted molar refractivity (Wildman–Crippen MR) is 116 cm³/mol. The van der Waals surface area contributed by atoms with Crippen molar-refractivity contribution in [1.29, 1.82) is 0 Å². The molecule has 0 saturated carbocycles. The zero-order valence-corrected chi connectivity index (χ0v) is 18.2. The average Bonchev–Trinajstić information content (AvgIpc) is 3.21. The van der Waals surface area contributed by atoms with Crippen molar-refractivity contribution in [2.45, 2.75) is 11.8 Å². The Morgan fingerprint density at radius 2 is 2.00 bits per heavy atom. The molecular formula is C20H23N5O6S. The van der Waals surface area contributed by atoms with Gasteiger partial charge in [0, 0.05) is 49.6 Å². The first kappa shape index (κ1) is 23.2. The Balaban J connectivity index is 0.000000913. The zero-order chi connectivity index (χ0) is 23.1. The maximum atomic E-state index is 13.2. The van der Waals surface area contributed by atoms with Crippen LogP contribution in [-0.2, 0) is 19.6 Å². The highest BCUT2D eigenvalue weighted by atomic mass is 32.2. The van der Waals surface area contributed by atoms with E-state index in [0.29, 0.717) is 10.9 Å². The summed E-state index contributed by atoms with van der Waals surface area (Å²) in [7, 11) is -4.04. The molecule has 4 rings (SSSR count). The molecule has 1 fully saturated rings. The van der Waals surface area contributed by atoms with Crippen LogP contribution in [0.3, 0.4) is 0 Å². The molecule has 12 heteroatoms. The third-order valence-corrected chi connectivity index (χ3v) is 6.32. The highest BCUT2D eigenvalue weighted by Crippen LogP contribution is 2.28. The number of carbonyl (C=O) groups excluding carboxylic acids is 1. The van der Waals surface area contributed by atoms with Crippen molar-refractivity contribution < 1.29 is 27.9 Å². The molecular weight excluding hydrogens is 438 g/mol. The summed E-state index contributed by atoms with van der Waals surface area (Å²) in [5, 5.41) is 14.7. The van der Waals surface area contributed by atoms with Gasteiger partial charge in [0.15, 0.2) is 5.69 Å². The second kappa shape index (κ2) is 10.2. The zero-order valence-electron chi connectivity index (χ0n) is 17.3. The number of carbonyl (C=O) groups is 2. The topological polar surface area (TPSA) is 144 Å². The van der Waals surface area contributed by atoms with E-state index in [2.05, 4.69) is 20.3 Å². The van der Waals surface area contributed by atoms with Crippen molar-refractivity contribution in [3.8, 4) is 0 Å². The number of benzene rings is 1. The fourth-order valence-corrected chi connectivity index (χ4v) is 4.57. The Morgan fingerprint density at radius 3 is 2.62 bits per heavy atom. The Kier molecular flexibility index (Phi) is 7.38. The molecule has 1 aliphatic rings. The standard InChI is InChI=1S/C19H21N5O4S.CH2O2/c1-2-28-19(25)18-16-6-5-14(23-10-8-20-9-11-23)12-17(16)24(22-18)29(26,27)15-4-3-7-21-13-15;2-1-3/h3-7,12-13,20H,2,8-11H2,1H3;1H,(H,2,3). The van der Waals surface area contributed by atoms with Gasteiger partial charge in [-0.25, -0.2) is 4.79 Å². The summed E-state index contributed by atoms with van der Waals surface area (Å²) >= 11 is 0. The lowest BCUT2D eigenvalue weighted by Gasteiger charge is -2.29. The van der Waals surface area contributed by atoms with Gasteiger partial charge in [-0.3, -0.25) is 9.78 Å². The molecule has 2 N–H and O–H groups in total. The van der Waals surface area contributed by atoms with Crippen LogP contribution in [0.4, 0.5) is 5.69 Å². The van der Waals surface area contributed by atoms with Gasteiger partial charge in [0.2, 0.25) is 0 Å². The van der Waals surface area contributed by atoms with E-state index in [4.69, 9.17) is 14.6 Å². The van der Waals surface area contributed by atoms with Gasteiger partial charge in [-0.1, -0.05) is 0 Å². The lowest BCUT2D eigenvalue weighted by atomic mass is 10.1. The molecule has 0 atom stereocenters. The Labute approximate surface area is 184 Å². The molecule has 11 nitrogen and oxygen atoms in total. The van der Waals surface area contributed by atoms with Gasteiger partial charge in [0.1, 0.15) is 4.90 Å². The summed E-state index contributed by atoms with van der Waals surface area (Å²) < 4.78 is 32.4. The number of hydrogen-bond donors (Lipinski definition) is 2. The van der Waals surface area contributed by atoms with Crippen LogP contribution in [0.1, 0.15) is 17.4 Å². The van der Waals surface area contributed by atoms with Crippen LogP contribution in [0.2, 0.25) is 0 Å². The molecule has 0 aliphatic carbocycles. The minimum absolute atomic E-state index is 0.00705. The van der Waals surface area contributed by atoms with Crippen LogP contribution in [-0.4, -0.2) is 72.9 Å². The summed E-state index contributed by atoms with van der Waals surface area (Å²) in [6, 6.07) is 8.33. The number of carboxylic acid groups (broad SMARTS) is 1. The molecule has 0 radical (unpaired) electrons. The van der Waals surface area contributed by atoms with Crippen molar-refractivity contribution in [2.24, 2.45) is 0 Å². The van der Waals surface area contributed by atoms with Crippen LogP contribution in [0.5, 0.6) is 0 Å². The number of piperazine rings is 1. The molecule has 170 valence electrons. The highest BCUT2D eigenvalue weighted by Gasteiger charge is 2.27. The molecule has 1 saturated heterocycles.